The zero-order chi connectivity index (χ0) is 15.4. The fraction of sp³-hybridized carbons (Fsp3) is 0.154. The summed E-state index contributed by atoms with van der Waals surface area (Å²) in [7, 11) is 0. The molecule has 0 aliphatic carbocycles. The predicted molar refractivity (Wildman–Crippen MR) is 85.0 cm³/mol. The van der Waals surface area contributed by atoms with Crippen LogP contribution in [0, 0.1) is 6.92 Å². The number of aromatic nitrogens is 1. The van der Waals surface area contributed by atoms with Gasteiger partial charge >= 0.3 is 12.0 Å². The molecule has 0 aliphatic heterocycles. The normalized spacial score (nSPS) is 10.2. The van der Waals surface area contributed by atoms with E-state index in [9.17, 15) is 9.59 Å². The molecule has 0 saturated heterocycles. The largest absolute Gasteiger partial charge is 0.480 e. The number of nitrogens with zero attached hydrogens (tertiary/aromatic N) is 2. The number of urea groups is 1. The Kier molecular flexibility index (Phi) is 4.92. The molecular formula is C13H12BrN3O3S. The molecule has 21 heavy (non-hydrogen) atoms. The molecule has 2 N–H and O–H groups in total. The number of halogens is 1. The van der Waals surface area contributed by atoms with Gasteiger partial charge in [0.25, 0.3) is 0 Å². The molecule has 0 bridgehead atoms. The second-order valence-corrected chi connectivity index (χ2v) is 6.62. The van der Waals surface area contributed by atoms with Crippen molar-refractivity contribution in [3.8, 4) is 0 Å². The minimum atomic E-state index is -1.09. The van der Waals surface area contributed by atoms with Gasteiger partial charge in [0.15, 0.2) is 5.13 Å². The van der Waals surface area contributed by atoms with Gasteiger partial charge in [-0.15, -0.1) is 0 Å². The molecule has 1 aromatic heterocycles. The lowest BCUT2D eigenvalue weighted by molar-refractivity contribution is -0.135. The molecule has 2 aromatic rings. The van der Waals surface area contributed by atoms with E-state index in [2.05, 4.69) is 26.2 Å². The van der Waals surface area contributed by atoms with Crippen LogP contribution in [-0.2, 0) is 4.79 Å². The van der Waals surface area contributed by atoms with Crippen LogP contribution < -0.4 is 10.2 Å². The number of benzene rings is 1. The van der Waals surface area contributed by atoms with Gasteiger partial charge < -0.3 is 5.11 Å². The Bertz CT molecular complexity index is 657. The van der Waals surface area contributed by atoms with E-state index in [-0.39, 0.29) is 0 Å². The van der Waals surface area contributed by atoms with Crippen LogP contribution in [0.5, 0.6) is 0 Å². The summed E-state index contributed by atoms with van der Waals surface area (Å²) in [6, 6.07) is 6.50. The Labute approximate surface area is 133 Å². The van der Waals surface area contributed by atoms with E-state index in [0.717, 1.165) is 14.2 Å². The number of carboxylic acids is 1. The predicted octanol–water partition coefficient (Wildman–Crippen LogP) is 3.34. The van der Waals surface area contributed by atoms with E-state index >= 15 is 0 Å². The number of anilines is 2. The Hall–Kier alpha value is -1.93. The molecule has 0 atom stereocenters. The van der Waals surface area contributed by atoms with Gasteiger partial charge in [0.2, 0.25) is 0 Å². The number of aliphatic carboxylic acids is 1. The standard InChI is InChI=1S/C13H12BrN3O3S/c1-8-2-4-9(5-3-8)17(7-11(18)19)13(20)16-12-15-6-10(14)21-12/h2-6H,7H2,1H3,(H,18,19)(H,15,16,20). The Balaban J connectivity index is 2.20. The molecular weight excluding hydrogens is 358 g/mol. The lowest BCUT2D eigenvalue weighted by Crippen LogP contribution is -2.38. The second kappa shape index (κ2) is 6.68. The number of hydrogen-bond donors (Lipinski definition) is 2. The summed E-state index contributed by atoms with van der Waals surface area (Å²) in [5, 5.41) is 12.0. The molecule has 8 heteroatoms. The van der Waals surface area contributed by atoms with E-state index in [4.69, 9.17) is 5.11 Å². The molecule has 1 heterocycles. The summed E-state index contributed by atoms with van der Waals surface area (Å²) in [5.41, 5.74) is 1.54. The van der Waals surface area contributed by atoms with Gasteiger partial charge in [-0.05, 0) is 35.0 Å². The van der Waals surface area contributed by atoms with Gasteiger partial charge in [-0.1, -0.05) is 29.0 Å². The van der Waals surface area contributed by atoms with Crippen molar-refractivity contribution in [3.63, 3.8) is 0 Å². The van der Waals surface area contributed by atoms with Crippen LogP contribution in [0.15, 0.2) is 34.2 Å². The Morgan fingerprint density at radius 1 is 1.38 bits per heavy atom. The lowest BCUT2D eigenvalue weighted by atomic mass is 10.2. The van der Waals surface area contributed by atoms with Crippen LogP contribution in [0.4, 0.5) is 15.6 Å². The van der Waals surface area contributed by atoms with Crippen molar-refractivity contribution >= 4 is 50.1 Å². The molecule has 0 aliphatic rings. The molecule has 1 aromatic carbocycles. The number of aryl methyl sites for hydroxylation is 1. The highest BCUT2D eigenvalue weighted by molar-refractivity contribution is 9.11. The molecule has 0 fully saturated rings. The number of amides is 2. The summed E-state index contributed by atoms with van der Waals surface area (Å²) in [4.78, 5) is 28.4. The number of nitrogens with one attached hydrogen (secondary N) is 1. The maximum absolute atomic E-state index is 12.2. The van der Waals surface area contributed by atoms with Gasteiger partial charge in [-0.25, -0.2) is 9.78 Å². The summed E-state index contributed by atoms with van der Waals surface area (Å²) < 4.78 is 0.776. The Morgan fingerprint density at radius 3 is 2.57 bits per heavy atom. The third-order valence-electron chi connectivity index (χ3n) is 2.58. The van der Waals surface area contributed by atoms with Gasteiger partial charge in [0, 0.05) is 5.69 Å². The topological polar surface area (TPSA) is 82.5 Å². The lowest BCUT2D eigenvalue weighted by Gasteiger charge is -2.20. The molecule has 0 unspecified atom stereocenters. The van der Waals surface area contributed by atoms with E-state index in [1.165, 1.54) is 11.3 Å². The van der Waals surface area contributed by atoms with Crippen LogP contribution in [0.2, 0.25) is 0 Å². The Morgan fingerprint density at radius 2 is 2.05 bits per heavy atom. The molecule has 110 valence electrons. The molecule has 0 radical (unpaired) electrons. The minimum absolute atomic E-state index is 0.398. The second-order valence-electron chi connectivity index (χ2n) is 4.22. The van der Waals surface area contributed by atoms with Crippen molar-refractivity contribution in [1.82, 2.24) is 4.98 Å². The van der Waals surface area contributed by atoms with Crippen LogP contribution in [-0.4, -0.2) is 28.6 Å². The van der Waals surface area contributed by atoms with Crippen molar-refractivity contribution < 1.29 is 14.7 Å². The molecule has 2 rings (SSSR count). The molecule has 2 amide bonds. The summed E-state index contributed by atoms with van der Waals surface area (Å²) in [5.74, 6) is -1.09. The van der Waals surface area contributed by atoms with E-state index in [1.807, 2.05) is 19.1 Å². The molecule has 0 saturated carbocycles. The first kappa shape index (κ1) is 15.5. The van der Waals surface area contributed by atoms with Gasteiger partial charge in [-0.3, -0.25) is 15.0 Å². The fourth-order valence-electron chi connectivity index (χ4n) is 1.61. The van der Waals surface area contributed by atoms with E-state index in [0.29, 0.717) is 10.8 Å². The highest BCUT2D eigenvalue weighted by atomic mass is 79.9. The number of thiazole rings is 1. The highest BCUT2D eigenvalue weighted by Crippen LogP contribution is 2.24. The van der Waals surface area contributed by atoms with Crippen LogP contribution in [0.25, 0.3) is 0 Å². The average molecular weight is 370 g/mol. The van der Waals surface area contributed by atoms with Crippen LogP contribution in [0.3, 0.4) is 0 Å². The summed E-state index contributed by atoms with van der Waals surface area (Å²) in [6.45, 7) is 1.49. The van der Waals surface area contributed by atoms with Crippen molar-refractivity contribution in [2.45, 2.75) is 6.92 Å². The van der Waals surface area contributed by atoms with E-state index in [1.54, 1.807) is 18.3 Å². The van der Waals surface area contributed by atoms with Crippen molar-refractivity contribution in [2.75, 3.05) is 16.8 Å². The quantitative estimate of drug-likeness (QED) is 0.865. The zero-order valence-corrected chi connectivity index (χ0v) is 13.4. The van der Waals surface area contributed by atoms with Gasteiger partial charge in [0.1, 0.15) is 6.54 Å². The molecule has 0 spiro atoms. The number of carboxylic acid groups (broad SMARTS) is 1. The molecule has 6 nitrogen and oxygen atoms in total. The number of hydrogen-bond acceptors (Lipinski definition) is 4. The maximum atomic E-state index is 12.2. The monoisotopic (exact) mass is 369 g/mol. The highest BCUT2D eigenvalue weighted by Gasteiger charge is 2.19. The van der Waals surface area contributed by atoms with Crippen molar-refractivity contribution in [2.24, 2.45) is 0 Å². The van der Waals surface area contributed by atoms with Crippen LogP contribution >= 0.6 is 27.3 Å². The maximum Gasteiger partial charge on any atom is 0.328 e. The number of carbonyl (C=O) groups is 2. The summed E-state index contributed by atoms with van der Waals surface area (Å²) >= 11 is 4.50. The fourth-order valence-corrected chi connectivity index (χ4v) is 2.71. The number of rotatable bonds is 4. The third-order valence-corrected chi connectivity index (χ3v) is 3.97. The SMILES string of the molecule is Cc1ccc(N(CC(=O)O)C(=O)Nc2ncc(Br)s2)cc1. The van der Waals surface area contributed by atoms with Crippen molar-refractivity contribution in [1.29, 1.82) is 0 Å². The van der Waals surface area contributed by atoms with E-state index < -0.39 is 18.5 Å². The first-order valence-corrected chi connectivity index (χ1v) is 7.55. The average Bonchev–Trinajstić information content (AvgIpc) is 2.82. The van der Waals surface area contributed by atoms with Gasteiger partial charge in [-0.2, -0.15) is 0 Å². The summed E-state index contributed by atoms with van der Waals surface area (Å²) in [6.07, 6.45) is 1.56. The number of carbonyl (C=O) groups excluding carboxylic acids is 1. The first-order chi connectivity index (χ1) is 9.95. The van der Waals surface area contributed by atoms with Crippen molar-refractivity contribution in [3.05, 3.63) is 39.8 Å². The first-order valence-electron chi connectivity index (χ1n) is 5.94. The third kappa shape index (κ3) is 4.27. The minimum Gasteiger partial charge on any atom is -0.480 e. The van der Waals surface area contributed by atoms with Crippen LogP contribution in [0.1, 0.15) is 5.56 Å². The zero-order valence-electron chi connectivity index (χ0n) is 11.0. The smallest absolute Gasteiger partial charge is 0.328 e. The van der Waals surface area contributed by atoms with Gasteiger partial charge in [0.05, 0.1) is 9.98 Å².